The maximum atomic E-state index is 11.4. The van der Waals surface area contributed by atoms with Gasteiger partial charge in [0.25, 0.3) is 10.9 Å². The van der Waals surface area contributed by atoms with Gasteiger partial charge in [0, 0.05) is 31.9 Å². The number of rotatable bonds is 2. The summed E-state index contributed by atoms with van der Waals surface area (Å²) in [6.07, 6.45) is 0. The van der Waals surface area contributed by atoms with Crippen LogP contribution in [-0.4, -0.2) is 31.3 Å². The molecule has 1 heterocycles. The molecule has 5 heteroatoms. The molecule has 1 saturated heterocycles. The molecule has 5 nitrogen and oxygen atoms in total. The van der Waals surface area contributed by atoms with E-state index in [1.807, 2.05) is 30.3 Å². The molecule has 1 fully saturated rings. The van der Waals surface area contributed by atoms with Crippen molar-refractivity contribution in [3.63, 3.8) is 0 Å². The first-order valence-electron chi connectivity index (χ1n) is 6.25. The van der Waals surface area contributed by atoms with Gasteiger partial charge in [-0.25, -0.2) is 0 Å². The number of aromatic hydroxyl groups is 1. The molecule has 2 aromatic carbocycles. The Morgan fingerprint density at radius 2 is 1.42 bits per heavy atom. The van der Waals surface area contributed by atoms with Crippen molar-refractivity contribution < 1.29 is 5.11 Å². The Kier molecular flexibility index (Phi) is 2.74. The molecule has 0 saturated carbocycles. The molecular formula is C14H14N2O3. The normalized spacial score (nSPS) is 16.0. The van der Waals surface area contributed by atoms with Crippen LogP contribution in [0.25, 0.3) is 0 Å². The molecule has 0 aliphatic carbocycles. The first kappa shape index (κ1) is 11.8. The van der Waals surface area contributed by atoms with Gasteiger partial charge in [-0.15, -0.1) is 0 Å². The molecule has 19 heavy (non-hydrogen) atoms. The quantitative estimate of drug-likeness (QED) is 0.786. The average Bonchev–Trinajstić information content (AvgIpc) is 2.49. The second-order valence-corrected chi connectivity index (χ2v) is 4.67. The summed E-state index contributed by atoms with van der Waals surface area (Å²) >= 11 is 0. The average molecular weight is 258 g/mol. The Labute approximate surface area is 110 Å². The molecule has 0 atom stereocenters. The molecule has 1 aliphatic rings. The summed E-state index contributed by atoms with van der Waals surface area (Å²) in [4.78, 5) is 26.4. The second-order valence-electron chi connectivity index (χ2n) is 4.67. The van der Waals surface area contributed by atoms with Gasteiger partial charge in [-0.1, -0.05) is 18.2 Å². The smallest absolute Gasteiger partial charge is 0.271 e. The summed E-state index contributed by atoms with van der Waals surface area (Å²) in [5.74, 6) is -0.377. The van der Waals surface area contributed by atoms with Gasteiger partial charge >= 0.3 is 0 Å². The number of hydrogen-bond donors (Lipinski definition) is 1. The first-order chi connectivity index (χ1) is 9.18. The monoisotopic (exact) mass is 258 g/mol. The lowest BCUT2D eigenvalue weighted by molar-refractivity contribution is 0.459. The van der Waals surface area contributed by atoms with Crippen LogP contribution in [0.1, 0.15) is 0 Å². The number of nitrogens with zero attached hydrogens (tertiary/aromatic N) is 2. The molecule has 0 radical (unpaired) electrons. The van der Waals surface area contributed by atoms with Crippen molar-refractivity contribution in [3.05, 3.63) is 50.8 Å². The van der Waals surface area contributed by atoms with E-state index in [2.05, 4.69) is 4.90 Å². The highest BCUT2D eigenvalue weighted by Gasteiger charge is 2.28. The molecule has 0 bridgehead atoms. The van der Waals surface area contributed by atoms with Gasteiger partial charge in [0.05, 0.1) is 0 Å². The van der Waals surface area contributed by atoms with Crippen LogP contribution in [0.4, 0.5) is 11.4 Å². The van der Waals surface area contributed by atoms with Gasteiger partial charge in [0.1, 0.15) is 5.69 Å². The Morgan fingerprint density at radius 1 is 0.842 bits per heavy atom. The Balaban J connectivity index is 1.71. The van der Waals surface area contributed by atoms with Crippen LogP contribution in [0.15, 0.2) is 39.9 Å². The fourth-order valence-corrected chi connectivity index (χ4v) is 2.49. The number of anilines is 2. The Hall–Kier alpha value is -2.30. The lowest BCUT2D eigenvalue weighted by Crippen LogP contribution is -2.50. The Morgan fingerprint density at radius 3 is 2.00 bits per heavy atom. The third-order valence-electron chi connectivity index (χ3n) is 3.58. The van der Waals surface area contributed by atoms with Gasteiger partial charge in [-0.3, -0.25) is 9.59 Å². The van der Waals surface area contributed by atoms with E-state index in [0.717, 1.165) is 18.8 Å². The highest BCUT2D eigenvalue weighted by molar-refractivity contribution is 5.63. The first-order valence-corrected chi connectivity index (χ1v) is 6.25. The van der Waals surface area contributed by atoms with Gasteiger partial charge in [-0.05, 0) is 12.1 Å². The second kappa shape index (κ2) is 4.42. The van der Waals surface area contributed by atoms with Crippen molar-refractivity contribution in [1.29, 1.82) is 0 Å². The number of benzene rings is 1. The minimum absolute atomic E-state index is 0.192. The third kappa shape index (κ3) is 1.87. The van der Waals surface area contributed by atoms with Crippen LogP contribution >= 0.6 is 0 Å². The fourth-order valence-electron chi connectivity index (χ4n) is 2.49. The molecule has 2 aromatic rings. The van der Waals surface area contributed by atoms with Crippen molar-refractivity contribution in [2.45, 2.75) is 0 Å². The molecule has 1 aliphatic heterocycles. The van der Waals surface area contributed by atoms with Crippen LogP contribution in [-0.2, 0) is 0 Å². The zero-order valence-electron chi connectivity index (χ0n) is 10.4. The van der Waals surface area contributed by atoms with E-state index in [-0.39, 0.29) is 11.4 Å². The Bertz CT molecular complexity index is 651. The summed E-state index contributed by atoms with van der Waals surface area (Å²) in [6.45, 7) is 2.80. The molecule has 0 amide bonds. The van der Waals surface area contributed by atoms with Crippen molar-refractivity contribution in [1.82, 2.24) is 0 Å². The van der Waals surface area contributed by atoms with E-state index in [1.54, 1.807) is 4.90 Å². The van der Waals surface area contributed by atoms with Crippen LogP contribution in [0.2, 0.25) is 0 Å². The summed E-state index contributed by atoms with van der Waals surface area (Å²) in [5.41, 5.74) is 0.0141. The zero-order valence-corrected chi connectivity index (χ0v) is 10.4. The number of hydrogen-bond acceptors (Lipinski definition) is 5. The third-order valence-corrected chi connectivity index (χ3v) is 3.58. The van der Waals surface area contributed by atoms with E-state index >= 15 is 0 Å². The van der Waals surface area contributed by atoms with Crippen molar-refractivity contribution in [3.8, 4) is 5.75 Å². The minimum Gasteiger partial charge on any atom is -0.502 e. The predicted molar refractivity (Wildman–Crippen MR) is 73.9 cm³/mol. The number of piperazine rings is 1. The minimum atomic E-state index is -0.763. The van der Waals surface area contributed by atoms with Crippen LogP contribution in [0, 0.1) is 0 Å². The maximum absolute atomic E-state index is 11.4. The summed E-state index contributed by atoms with van der Waals surface area (Å²) < 4.78 is 0. The largest absolute Gasteiger partial charge is 0.502 e. The molecule has 1 N–H and O–H groups in total. The van der Waals surface area contributed by atoms with Crippen molar-refractivity contribution >= 4 is 11.4 Å². The highest BCUT2D eigenvalue weighted by atomic mass is 16.3. The lowest BCUT2D eigenvalue weighted by Gasteiger charge is -2.37. The summed E-state index contributed by atoms with van der Waals surface area (Å²) in [5, 5.41) is 9.44. The van der Waals surface area contributed by atoms with E-state index in [1.165, 1.54) is 0 Å². The van der Waals surface area contributed by atoms with Gasteiger partial charge in [-0.2, -0.15) is 0 Å². The maximum Gasteiger partial charge on any atom is 0.271 e. The SMILES string of the molecule is O=c1c(O)c(N2CCN(c3ccccc3)CC2)c1=O. The van der Waals surface area contributed by atoms with Gasteiger partial charge in [0.2, 0.25) is 0 Å². The molecule has 3 rings (SSSR count). The van der Waals surface area contributed by atoms with E-state index < -0.39 is 10.9 Å². The standard InChI is InChI=1S/C14H14N2O3/c17-12-11(13(18)14(12)19)16-8-6-15(7-9-16)10-4-2-1-3-5-10/h1-5,17H,6-9H2. The van der Waals surface area contributed by atoms with Crippen LogP contribution < -0.4 is 20.7 Å². The van der Waals surface area contributed by atoms with Crippen molar-refractivity contribution in [2.75, 3.05) is 36.0 Å². The molecule has 0 spiro atoms. The van der Waals surface area contributed by atoms with E-state index in [9.17, 15) is 14.7 Å². The molecule has 0 unspecified atom stereocenters. The topological polar surface area (TPSA) is 60.9 Å². The van der Waals surface area contributed by atoms with Crippen LogP contribution in [0.3, 0.4) is 0 Å². The zero-order chi connectivity index (χ0) is 13.4. The predicted octanol–water partition coefficient (Wildman–Crippen LogP) is 0.315. The molecular weight excluding hydrogens is 244 g/mol. The summed E-state index contributed by atoms with van der Waals surface area (Å²) in [7, 11) is 0. The van der Waals surface area contributed by atoms with E-state index in [4.69, 9.17) is 0 Å². The van der Waals surface area contributed by atoms with Gasteiger partial charge in [0.15, 0.2) is 5.75 Å². The lowest BCUT2D eigenvalue weighted by atomic mass is 10.1. The van der Waals surface area contributed by atoms with E-state index in [0.29, 0.717) is 13.1 Å². The summed E-state index contributed by atoms with van der Waals surface area (Å²) in [6, 6.07) is 10.0. The van der Waals surface area contributed by atoms with Crippen molar-refractivity contribution in [2.24, 2.45) is 0 Å². The van der Waals surface area contributed by atoms with Crippen LogP contribution in [0.5, 0.6) is 5.75 Å². The van der Waals surface area contributed by atoms with Gasteiger partial charge < -0.3 is 14.9 Å². The highest BCUT2D eigenvalue weighted by Crippen LogP contribution is 2.23. The molecule has 98 valence electrons. The fraction of sp³-hybridized carbons (Fsp3) is 0.286. The molecule has 0 aromatic heterocycles. The number of para-hydroxylation sites is 1.